The second kappa shape index (κ2) is 4.99. The van der Waals surface area contributed by atoms with Gasteiger partial charge in [0, 0.05) is 12.5 Å². The molecule has 1 N–H and O–H groups in total. The summed E-state index contributed by atoms with van der Waals surface area (Å²) >= 11 is 0. The van der Waals surface area contributed by atoms with Crippen LogP contribution < -0.4 is 10.1 Å². The first kappa shape index (κ1) is 15.4. The minimum Gasteiger partial charge on any atom is -0.334 e. The van der Waals surface area contributed by atoms with E-state index in [4.69, 9.17) is 4.52 Å². The molecular formula is C16H20N4O3. The van der Waals surface area contributed by atoms with Crippen molar-refractivity contribution in [3.63, 3.8) is 0 Å². The lowest BCUT2D eigenvalue weighted by Gasteiger charge is -2.38. The van der Waals surface area contributed by atoms with E-state index in [9.17, 15) is 10.0 Å². The zero-order valence-corrected chi connectivity index (χ0v) is 13.9. The normalized spacial score (nSPS) is 15.2. The second-order valence-electron chi connectivity index (χ2n) is 6.65. The standard InChI is InChI=1S/C16H20N4O3/c1-10-8-6-7-9-11(10)19-14-12(20(22)15(21)18(19)5)13(17-23-14)16(2,3)4/h6-9,22H,1-5H3. The molecule has 7 heteroatoms. The van der Waals surface area contributed by atoms with Gasteiger partial charge in [0.15, 0.2) is 5.69 Å². The molecule has 122 valence electrons. The molecule has 0 bridgehead atoms. The number of urea groups is 1. The summed E-state index contributed by atoms with van der Waals surface area (Å²) in [4.78, 5) is 12.5. The fourth-order valence-electron chi connectivity index (χ4n) is 2.63. The number of nitrogens with zero attached hydrogens (tertiary/aromatic N) is 4. The number of hydrogen-bond acceptors (Lipinski definition) is 5. The van der Waals surface area contributed by atoms with Crippen LogP contribution in [0.25, 0.3) is 0 Å². The van der Waals surface area contributed by atoms with Crippen LogP contribution in [0.4, 0.5) is 22.1 Å². The zero-order valence-electron chi connectivity index (χ0n) is 13.9. The fourth-order valence-corrected chi connectivity index (χ4v) is 2.63. The number of hydroxylamine groups is 1. The van der Waals surface area contributed by atoms with Gasteiger partial charge in [-0.15, -0.1) is 0 Å². The van der Waals surface area contributed by atoms with E-state index in [-0.39, 0.29) is 11.1 Å². The van der Waals surface area contributed by atoms with Gasteiger partial charge in [0.1, 0.15) is 5.69 Å². The van der Waals surface area contributed by atoms with Crippen molar-refractivity contribution in [2.24, 2.45) is 0 Å². The lowest BCUT2D eigenvalue weighted by Crippen LogP contribution is -2.52. The van der Waals surface area contributed by atoms with Crippen LogP contribution in [0, 0.1) is 6.92 Å². The number of amides is 2. The summed E-state index contributed by atoms with van der Waals surface area (Å²) in [7, 11) is 1.57. The molecule has 0 spiro atoms. The molecule has 0 saturated heterocycles. The minimum absolute atomic E-state index is 0.281. The number of hydrogen-bond donors (Lipinski definition) is 1. The molecule has 2 aromatic rings. The van der Waals surface area contributed by atoms with Crippen molar-refractivity contribution in [1.29, 1.82) is 0 Å². The Hall–Kier alpha value is -2.54. The molecule has 3 rings (SSSR count). The van der Waals surface area contributed by atoms with Gasteiger partial charge in [-0.25, -0.2) is 14.8 Å². The summed E-state index contributed by atoms with van der Waals surface area (Å²) in [5.41, 5.74) is 2.18. The van der Waals surface area contributed by atoms with Gasteiger partial charge in [0.25, 0.3) is 5.88 Å². The lowest BCUT2D eigenvalue weighted by molar-refractivity contribution is 0.167. The van der Waals surface area contributed by atoms with Crippen molar-refractivity contribution in [2.75, 3.05) is 17.1 Å². The Morgan fingerprint density at radius 2 is 1.87 bits per heavy atom. The Bertz CT molecular complexity index is 763. The number of para-hydroxylation sites is 1. The van der Waals surface area contributed by atoms with Gasteiger partial charge in [-0.2, -0.15) is 5.06 Å². The van der Waals surface area contributed by atoms with E-state index in [0.29, 0.717) is 16.6 Å². The highest BCUT2D eigenvalue weighted by atomic mass is 16.5. The predicted molar refractivity (Wildman–Crippen MR) is 85.9 cm³/mol. The van der Waals surface area contributed by atoms with Crippen molar-refractivity contribution in [2.45, 2.75) is 33.1 Å². The summed E-state index contributed by atoms with van der Waals surface area (Å²) in [5, 5.41) is 17.9. The average molecular weight is 316 g/mol. The van der Waals surface area contributed by atoms with Gasteiger partial charge in [0.05, 0.1) is 5.69 Å². The number of benzene rings is 1. The number of carbonyl (C=O) groups excluding carboxylic acids is 1. The fraction of sp³-hybridized carbons (Fsp3) is 0.375. The minimum atomic E-state index is -0.575. The van der Waals surface area contributed by atoms with Crippen LogP contribution in [-0.2, 0) is 5.41 Å². The van der Waals surface area contributed by atoms with Crippen molar-refractivity contribution in [1.82, 2.24) is 10.2 Å². The van der Waals surface area contributed by atoms with Crippen LogP contribution in [0.2, 0.25) is 0 Å². The quantitative estimate of drug-likeness (QED) is 0.814. The molecule has 1 aliphatic heterocycles. The smallest absolute Gasteiger partial charge is 0.334 e. The van der Waals surface area contributed by atoms with Crippen LogP contribution in [0.5, 0.6) is 0 Å². The summed E-state index contributed by atoms with van der Waals surface area (Å²) in [6, 6.07) is 7.06. The number of carbonyl (C=O) groups is 1. The first-order valence-electron chi connectivity index (χ1n) is 7.36. The SMILES string of the molecule is Cc1ccccc1N1c2onc(C(C)(C)C)c2N(O)C(=O)N1C. The van der Waals surface area contributed by atoms with E-state index >= 15 is 0 Å². The van der Waals surface area contributed by atoms with E-state index in [0.717, 1.165) is 11.3 Å². The Labute approximate surface area is 134 Å². The maximum absolute atomic E-state index is 12.5. The van der Waals surface area contributed by atoms with Crippen molar-refractivity contribution < 1.29 is 14.5 Å². The highest BCUT2D eigenvalue weighted by Gasteiger charge is 2.42. The highest BCUT2D eigenvalue weighted by Crippen LogP contribution is 2.45. The van der Waals surface area contributed by atoms with Gasteiger partial charge in [-0.05, 0) is 18.6 Å². The zero-order chi connectivity index (χ0) is 16.9. The monoisotopic (exact) mass is 316 g/mol. The molecular weight excluding hydrogens is 296 g/mol. The van der Waals surface area contributed by atoms with Gasteiger partial charge < -0.3 is 4.52 Å². The molecule has 23 heavy (non-hydrogen) atoms. The lowest BCUT2D eigenvalue weighted by atomic mass is 9.91. The Morgan fingerprint density at radius 1 is 1.22 bits per heavy atom. The van der Waals surface area contributed by atoms with Crippen LogP contribution in [0.1, 0.15) is 32.0 Å². The van der Waals surface area contributed by atoms with Gasteiger partial charge in [-0.1, -0.05) is 44.1 Å². The van der Waals surface area contributed by atoms with Gasteiger partial charge in [0.2, 0.25) is 0 Å². The van der Waals surface area contributed by atoms with Crippen LogP contribution in [-0.4, -0.2) is 28.5 Å². The van der Waals surface area contributed by atoms with Crippen molar-refractivity contribution in [3.8, 4) is 0 Å². The van der Waals surface area contributed by atoms with Gasteiger partial charge in [-0.3, -0.25) is 5.21 Å². The van der Waals surface area contributed by atoms with E-state index in [1.807, 2.05) is 52.0 Å². The van der Waals surface area contributed by atoms with Crippen molar-refractivity contribution in [3.05, 3.63) is 35.5 Å². The Kier molecular flexibility index (Phi) is 3.33. The van der Waals surface area contributed by atoms with Crippen molar-refractivity contribution >= 4 is 23.3 Å². The topological polar surface area (TPSA) is 73.0 Å². The first-order valence-corrected chi connectivity index (χ1v) is 7.36. The summed E-state index contributed by atoms with van der Waals surface area (Å²) in [5.74, 6) is 0.314. The Balaban J connectivity index is 2.25. The van der Waals surface area contributed by atoms with E-state index in [1.54, 1.807) is 12.1 Å². The van der Waals surface area contributed by atoms with Gasteiger partial charge >= 0.3 is 6.03 Å². The molecule has 2 heterocycles. The number of aromatic nitrogens is 1. The molecule has 2 amide bonds. The molecule has 0 unspecified atom stereocenters. The number of anilines is 3. The maximum Gasteiger partial charge on any atom is 0.367 e. The number of fused-ring (bicyclic) bond motifs is 1. The third kappa shape index (κ3) is 2.24. The third-order valence-corrected chi connectivity index (χ3v) is 3.87. The molecule has 0 radical (unpaired) electrons. The molecule has 0 atom stereocenters. The highest BCUT2D eigenvalue weighted by molar-refractivity contribution is 5.99. The average Bonchev–Trinajstić information content (AvgIpc) is 2.92. The number of hydrazine groups is 1. The predicted octanol–water partition coefficient (Wildman–Crippen LogP) is 3.59. The largest absolute Gasteiger partial charge is 0.367 e. The third-order valence-electron chi connectivity index (χ3n) is 3.87. The summed E-state index contributed by atoms with van der Waals surface area (Å²) < 4.78 is 5.51. The molecule has 1 aromatic heterocycles. The Morgan fingerprint density at radius 3 is 2.48 bits per heavy atom. The van der Waals surface area contributed by atoms with E-state index in [1.165, 1.54) is 5.01 Å². The maximum atomic E-state index is 12.5. The van der Waals surface area contributed by atoms with Crippen LogP contribution in [0.3, 0.4) is 0 Å². The molecule has 0 fully saturated rings. The molecule has 1 aromatic carbocycles. The summed E-state index contributed by atoms with van der Waals surface area (Å²) in [6.45, 7) is 7.78. The van der Waals surface area contributed by atoms with E-state index in [2.05, 4.69) is 5.16 Å². The van der Waals surface area contributed by atoms with E-state index < -0.39 is 6.03 Å². The molecule has 1 aliphatic rings. The first-order chi connectivity index (χ1) is 10.7. The second-order valence-corrected chi connectivity index (χ2v) is 6.65. The molecule has 0 aliphatic carbocycles. The number of rotatable bonds is 1. The number of aryl methyl sites for hydroxylation is 1. The molecule has 0 saturated carbocycles. The van der Waals surface area contributed by atoms with Crippen LogP contribution in [0.15, 0.2) is 28.8 Å². The molecule has 7 nitrogen and oxygen atoms in total. The summed E-state index contributed by atoms with van der Waals surface area (Å²) in [6.07, 6.45) is 0. The van der Waals surface area contributed by atoms with Crippen LogP contribution >= 0.6 is 0 Å².